The Balaban J connectivity index is 3.05. The quantitative estimate of drug-likeness (QED) is 0.454. The first kappa shape index (κ1) is 14.1. The van der Waals surface area contributed by atoms with Crippen molar-refractivity contribution < 1.29 is 13.9 Å². The second-order valence-electron chi connectivity index (χ2n) is 3.89. The molecule has 0 radical (unpaired) electrons. The fourth-order valence-corrected chi connectivity index (χ4v) is 1.42. The van der Waals surface area contributed by atoms with E-state index in [1.807, 2.05) is 6.92 Å². The normalized spacial score (nSPS) is 11.2. The number of carbonyl (C=O) groups excluding carboxylic acids is 1. The van der Waals surface area contributed by atoms with Crippen molar-refractivity contribution in [2.45, 2.75) is 27.2 Å². The second-order valence-corrected chi connectivity index (χ2v) is 3.89. The molecule has 0 spiro atoms. The van der Waals surface area contributed by atoms with Gasteiger partial charge >= 0.3 is 0 Å². The summed E-state index contributed by atoms with van der Waals surface area (Å²) in [5.74, 6) is 0.128. The van der Waals surface area contributed by atoms with Gasteiger partial charge in [0.05, 0.1) is 0 Å². The molecule has 0 aliphatic carbocycles. The van der Waals surface area contributed by atoms with E-state index in [-0.39, 0.29) is 5.78 Å². The molecule has 0 N–H and O–H groups in total. The third-order valence-electron chi connectivity index (χ3n) is 2.21. The maximum atomic E-state index is 12.6. The first-order chi connectivity index (χ1) is 8.42. The summed E-state index contributed by atoms with van der Waals surface area (Å²) in [6.45, 7) is 8.12. The summed E-state index contributed by atoms with van der Waals surface area (Å²) in [5, 5.41) is 0. The lowest BCUT2D eigenvalue weighted by atomic mass is 10.2. The largest absolute Gasteiger partial charge is 0.462 e. The van der Waals surface area contributed by atoms with Gasteiger partial charge in [0.2, 0.25) is 0 Å². The summed E-state index contributed by atoms with van der Waals surface area (Å²) in [4.78, 5) is 15.5. The van der Waals surface area contributed by atoms with Gasteiger partial charge in [-0.2, -0.15) is 0 Å². The van der Waals surface area contributed by atoms with Gasteiger partial charge in [-0.05, 0) is 13.3 Å². The number of aryl methyl sites for hydroxylation is 1. The van der Waals surface area contributed by atoms with Gasteiger partial charge in [-0.25, -0.2) is 9.37 Å². The SMILES string of the molecule is C=C(F)C=C(C)Oc1cc(CC)nc(C(C)=O)c1. The number of carbonyl (C=O) groups is 1. The van der Waals surface area contributed by atoms with Crippen LogP contribution in [0, 0.1) is 0 Å². The Hall–Kier alpha value is -1.97. The van der Waals surface area contributed by atoms with Crippen LogP contribution in [-0.4, -0.2) is 10.8 Å². The highest BCUT2D eigenvalue weighted by molar-refractivity contribution is 5.92. The number of rotatable bonds is 5. The van der Waals surface area contributed by atoms with Gasteiger partial charge in [0.1, 0.15) is 23.0 Å². The van der Waals surface area contributed by atoms with Crippen molar-refractivity contribution >= 4 is 5.78 Å². The van der Waals surface area contributed by atoms with E-state index < -0.39 is 5.83 Å². The van der Waals surface area contributed by atoms with Crippen LogP contribution in [0.2, 0.25) is 0 Å². The molecular formula is C14H16FNO2. The fraction of sp³-hybridized carbons (Fsp3) is 0.286. The minimum absolute atomic E-state index is 0.133. The number of ether oxygens (including phenoxy) is 1. The van der Waals surface area contributed by atoms with Crippen LogP contribution in [0.15, 0.2) is 36.4 Å². The Morgan fingerprint density at radius 2 is 2.17 bits per heavy atom. The van der Waals surface area contributed by atoms with Crippen molar-refractivity contribution in [3.8, 4) is 5.75 Å². The van der Waals surface area contributed by atoms with E-state index in [2.05, 4.69) is 11.6 Å². The van der Waals surface area contributed by atoms with Crippen molar-refractivity contribution in [1.82, 2.24) is 4.98 Å². The van der Waals surface area contributed by atoms with Gasteiger partial charge in [0.15, 0.2) is 5.78 Å². The molecule has 18 heavy (non-hydrogen) atoms. The lowest BCUT2D eigenvalue weighted by Gasteiger charge is -2.08. The number of aromatic nitrogens is 1. The molecular weight excluding hydrogens is 233 g/mol. The lowest BCUT2D eigenvalue weighted by molar-refractivity contribution is 0.101. The second kappa shape index (κ2) is 6.10. The molecule has 3 nitrogen and oxygen atoms in total. The monoisotopic (exact) mass is 249 g/mol. The summed E-state index contributed by atoms with van der Waals surface area (Å²) in [5.41, 5.74) is 1.10. The zero-order valence-electron chi connectivity index (χ0n) is 10.8. The van der Waals surface area contributed by atoms with Gasteiger partial charge in [-0.3, -0.25) is 4.79 Å². The predicted octanol–water partition coefficient (Wildman–Crippen LogP) is 3.61. The summed E-state index contributed by atoms with van der Waals surface area (Å²) < 4.78 is 18.0. The van der Waals surface area contributed by atoms with E-state index in [0.29, 0.717) is 23.6 Å². The Kier molecular flexibility index (Phi) is 4.77. The molecule has 1 rings (SSSR count). The molecule has 0 atom stereocenters. The first-order valence-corrected chi connectivity index (χ1v) is 5.64. The average molecular weight is 249 g/mol. The van der Waals surface area contributed by atoms with E-state index in [4.69, 9.17) is 4.74 Å². The first-order valence-electron chi connectivity index (χ1n) is 5.64. The van der Waals surface area contributed by atoms with E-state index in [9.17, 15) is 9.18 Å². The van der Waals surface area contributed by atoms with Gasteiger partial charge < -0.3 is 4.74 Å². The molecule has 0 bridgehead atoms. The number of hydrogen-bond donors (Lipinski definition) is 0. The van der Waals surface area contributed by atoms with E-state index >= 15 is 0 Å². The summed E-state index contributed by atoms with van der Waals surface area (Å²) >= 11 is 0. The van der Waals surface area contributed by atoms with Crippen LogP contribution in [0.25, 0.3) is 0 Å². The lowest BCUT2D eigenvalue weighted by Crippen LogP contribution is -2.02. The van der Waals surface area contributed by atoms with Crippen molar-refractivity contribution in [2.75, 3.05) is 0 Å². The van der Waals surface area contributed by atoms with Gasteiger partial charge in [-0.15, -0.1) is 0 Å². The van der Waals surface area contributed by atoms with Crippen molar-refractivity contribution in [1.29, 1.82) is 0 Å². The predicted molar refractivity (Wildman–Crippen MR) is 68.3 cm³/mol. The minimum atomic E-state index is -0.580. The molecule has 0 aliphatic heterocycles. The molecule has 1 aromatic heterocycles. The van der Waals surface area contributed by atoms with Crippen molar-refractivity contribution in [2.24, 2.45) is 0 Å². The molecule has 0 fully saturated rings. The van der Waals surface area contributed by atoms with Crippen LogP contribution in [0.3, 0.4) is 0 Å². The number of allylic oxidation sites excluding steroid dienone is 3. The maximum absolute atomic E-state index is 12.6. The Morgan fingerprint density at radius 3 is 2.67 bits per heavy atom. The summed E-state index contributed by atoms with van der Waals surface area (Å²) in [6.07, 6.45) is 1.87. The number of halogens is 1. The number of nitrogens with zero attached hydrogens (tertiary/aromatic N) is 1. The molecule has 0 unspecified atom stereocenters. The van der Waals surface area contributed by atoms with Crippen LogP contribution in [0.5, 0.6) is 5.75 Å². The Bertz CT molecular complexity index is 507. The summed E-state index contributed by atoms with van der Waals surface area (Å²) in [7, 11) is 0. The standard InChI is InChI=1S/C14H16FNO2/c1-5-12-7-13(8-14(16-12)11(4)17)18-10(3)6-9(2)15/h6-8H,2,5H2,1,3-4H3. The molecule has 0 aromatic carbocycles. The molecule has 96 valence electrons. The average Bonchev–Trinajstić information content (AvgIpc) is 2.27. The third kappa shape index (κ3) is 4.13. The fourth-order valence-electron chi connectivity index (χ4n) is 1.42. The molecule has 1 heterocycles. The number of ketones is 1. The molecule has 0 amide bonds. The van der Waals surface area contributed by atoms with Crippen LogP contribution in [0.1, 0.15) is 37.0 Å². The molecule has 0 aliphatic rings. The molecule has 4 heteroatoms. The molecule has 0 saturated carbocycles. The van der Waals surface area contributed by atoms with E-state index in [1.54, 1.807) is 19.1 Å². The maximum Gasteiger partial charge on any atom is 0.178 e. The zero-order valence-corrected chi connectivity index (χ0v) is 10.8. The van der Waals surface area contributed by atoms with Crippen LogP contribution in [-0.2, 0) is 6.42 Å². The highest BCUT2D eigenvalue weighted by Gasteiger charge is 2.07. The summed E-state index contributed by atoms with van der Waals surface area (Å²) in [6, 6.07) is 3.27. The number of pyridine rings is 1. The highest BCUT2D eigenvalue weighted by atomic mass is 19.1. The molecule has 0 saturated heterocycles. The van der Waals surface area contributed by atoms with Crippen LogP contribution >= 0.6 is 0 Å². The van der Waals surface area contributed by atoms with Gasteiger partial charge in [0.25, 0.3) is 0 Å². The van der Waals surface area contributed by atoms with Gasteiger partial charge in [-0.1, -0.05) is 13.5 Å². The highest BCUT2D eigenvalue weighted by Crippen LogP contribution is 2.18. The van der Waals surface area contributed by atoms with Crippen LogP contribution < -0.4 is 4.74 Å². The van der Waals surface area contributed by atoms with Crippen molar-refractivity contribution in [3.05, 3.63) is 47.8 Å². The van der Waals surface area contributed by atoms with Gasteiger partial charge in [0, 0.05) is 30.8 Å². The topological polar surface area (TPSA) is 39.2 Å². The molecule has 1 aromatic rings. The minimum Gasteiger partial charge on any atom is -0.462 e. The number of hydrogen-bond acceptors (Lipinski definition) is 3. The van der Waals surface area contributed by atoms with E-state index in [0.717, 1.165) is 5.69 Å². The van der Waals surface area contributed by atoms with Crippen LogP contribution in [0.4, 0.5) is 4.39 Å². The smallest absolute Gasteiger partial charge is 0.178 e. The Morgan fingerprint density at radius 1 is 1.50 bits per heavy atom. The zero-order chi connectivity index (χ0) is 13.7. The Labute approximate surface area is 106 Å². The number of Topliss-reactive ketones (excluding diaryl/α,β-unsaturated/α-hetero) is 1. The van der Waals surface area contributed by atoms with Crippen molar-refractivity contribution in [3.63, 3.8) is 0 Å². The van der Waals surface area contributed by atoms with E-state index in [1.165, 1.54) is 13.0 Å². The third-order valence-corrected chi connectivity index (χ3v) is 2.21.